The van der Waals surface area contributed by atoms with Crippen molar-refractivity contribution in [1.82, 2.24) is 15.6 Å². The molecule has 3 N–H and O–H groups in total. The lowest BCUT2D eigenvalue weighted by molar-refractivity contribution is -0.137. The SMILES string of the molecule is Cc1csc(C(C)NC(=O)NCC(C)CCC(=O)O)n1. The Labute approximate surface area is 122 Å². The molecule has 1 heterocycles. The molecule has 2 unspecified atom stereocenters. The van der Waals surface area contributed by atoms with Crippen LogP contribution in [-0.2, 0) is 4.79 Å². The van der Waals surface area contributed by atoms with Crippen LogP contribution in [0.3, 0.4) is 0 Å². The summed E-state index contributed by atoms with van der Waals surface area (Å²) in [6.07, 6.45) is 0.677. The third-order valence-corrected chi connectivity index (χ3v) is 3.96. The highest BCUT2D eigenvalue weighted by atomic mass is 32.1. The van der Waals surface area contributed by atoms with Gasteiger partial charge in [-0.3, -0.25) is 4.79 Å². The van der Waals surface area contributed by atoms with E-state index in [4.69, 9.17) is 5.11 Å². The van der Waals surface area contributed by atoms with Crippen LogP contribution in [0.1, 0.15) is 43.4 Å². The van der Waals surface area contributed by atoms with Gasteiger partial charge in [0.05, 0.1) is 6.04 Å². The second kappa shape index (κ2) is 7.84. The summed E-state index contributed by atoms with van der Waals surface area (Å²) in [6, 6.07) is -0.393. The molecule has 0 spiro atoms. The Morgan fingerprint density at radius 3 is 2.70 bits per heavy atom. The molecule has 0 bridgehead atoms. The average molecular weight is 299 g/mol. The van der Waals surface area contributed by atoms with Gasteiger partial charge in [-0.05, 0) is 26.2 Å². The summed E-state index contributed by atoms with van der Waals surface area (Å²) in [5.74, 6) is -0.677. The largest absolute Gasteiger partial charge is 0.481 e. The number of hydrogen-bond acceptors (Lipinski definition) is 4. The molecule has 1 aromatic heterocycles. The number of aliphatic carboxylic acids is 1. The molecule has 6 nitrogen and oxygen atoms in total. The topological polar surface area (TPSA) is 91.3 Å². The fourth-order valence-corrected chi connectivity index (χ4v) is 2.42. The summed E-state index contributed by atoms with van der Waals surface area (Å²) < 4.78 is 0. The molecular formula is C13H21N3O3S. The van der Waals surface area contributed by atoms with E-state index in [-0.39, 0.29) is 24.4 Å². The monoisotopic (exact) mass is 299 g/mol. The fraction of sp³-hybridized carbons (Fsp3) is 0.615. The minimum Gasteiger partial charge on any atom is -0.481 e. The molecule has 1 aromatic rings. The summed E-state index contributed by atoms with van der Waals surface area (Å²) in [6.45, 7) is 6.17. The first kappa shape index (κ1) is 16.4. The number of hydrogen-bond donors (Lipinski definition) is 3. The quantitative estimate of drug-likeness (QED) is 0.720. The van der Waals surface area contributed by atoms with E-state index < -0.39 is 5.97 Å². The maximum absolute atomic E-state index is 11.7. The Morgan fingerprint density at radius 2 is 2.15 bits per heavy atom. The van der Waals surface area contributed by atoms with Crippen LogP contribution < -0.4 is 10.6 Å². The zero-order chi connectivity index (χ0) is 15.1. The molecule has 2 atom stereocenters. The molecule has 2 amide bonds. The molecule has 0 aliphatic carbocycles. The van der Waals surface area contributed by atoms with Crippen molar-refractivity contribution in [3.05, 3.63) is 16.1 Å². The number of urea groups is 1. The fourth-order valence-electron chi connectivity index (χ4n) is 1.62. The minimum atomic E-state index is -0.811. The van der Waals surface area contributed by atoms with Gasteiger partial charge in [-0.2, -0.15) is 0 Å². The van der Waals surface area contributed by atoms with E-state index in [9.17, 15) is 9.59 Å². The van der Waals surface area contributed by atoms with Crippen LogP contribution in [0, 0.1) is 12.8 Å². The van der Waals surface area contributed by atoms with Crippen LogP contribution in [0.15, 0.2) is 5.38 Å². The molecule has 0 fully saturated rings. The molecule has 0 saturated heterocycles. The summed E-state index contributed by atoms with van der Waals surface area (Å²) in [5, 5.41) is 17.0. The second-order valence-corrected chi connectivity index (χ2v) is 5.83. The van der Waals surface area contributed by atoms with E-state index in [0.29, 0.717) is 13.0 Å². The lowest BCUT2D eigenvalue weighted by Crippen LogP contribution is -2.39. The van der Waals surface area contributed by atoms with E-state index in [0.717, 1.165) is 10.7 Å². The van der Waals surface area contributed by atoms with Gasteiger partial charge in [0.25, 0.3) is 0 Å². The third-order valence-electron chi connectivity index (χ3n) is 2.82. The van der Waals surface area contributed by atoms with E-state index in [1.54, 1.807) is 0 Å². The molecule has 0 saturated carbocycles. The van der Waals surface area contributed by atoms with Crippen molar-refractivity contribution < 1.29 is 14.7 Å². The van der Waals surface area contributed by atoms with Gasteiger partial charge < -0.3 is 15.7 Å². The van der Waals surface area contributed by atoms with E-state index in [2.05, 4.69) is 15.6 Å². The predicted octanol–water partition coefficient (Wildman–Crippen LogP) is 2.31. The smallest absolute Gasteiger partial charge is 0.315 e. The Hall–Kier alpha value is -1.63. The summed E-state index contributed by atoms with van der Waals surface area (Å²) in [4.78, 5) is 26.5. The highest BCUT2D eigenvalue weighted by Crippen LogP contribution is 2.17. The van der Waals surface area contributed by atoms with E-state index in [1.165, 1.54) is 11.3 Å². The number of amides is 2. The highest BCUT2D eigenvalue weighted by Gasteiger charge is 2.13. The first-order valence-corrected chi connectivity index (χ1v) is 7.44. The Morgan fingerprint density at radius 1 is 1.45 bits per heavy atom. The standard InChI is InChI=1S/C13H21N3O3S/c1-8(4-5-11(17)18)6-14-13(19)16-10(3)12-15-9(2)7-20-12/h7-8,10H,4-6H2,1-3H3,(H,17,18)(H2,14,16,19). The summed E-state index contributed by atoms with van der Waals surface area (Å²) in [7, 11) is 0. The van der Waals surface area contributed by atoms with Gasteiger partial charge in [0.1, 0.15) is 5.01 Å². The lowest BCUT2D eigenvalue weighted by Gasteiger charge is -2.15. The zero-order valence-electron chi connectivity index (χ0n) is 12.0. The molecule has 0 aliphatic heterocycles. The summed E-state index contributed by atoms with van der Waals surface area (Å²) in [5.41, 5.74) is 0.946. The maximum atomic E-state index is 11.7. The average Bonchev–Trinajstić information content (AvgIpc) is 2.80. The van der Waals surface area contributed by atoms with Crippen LogP contribution in [0.4, 0.5) is 4.79 Å². The van der Waals surface area contributed by atoms with E-state index in [1.807, 2.05) is 26.2 Å². The highest BCUT2D eigenvalue weighted by molar-refractivity contribution is 7.09. The molecule has 0 aromatic carbocycles. The number of carbonyl (C=O) groups is 2. The first-order valence-electron chi connectivity index (χ1n) is 6.56. The second-order valence-electron chi connectivity index (χ2n) is 4.94. The van der Waals surface area contributed by atoms with Gasteiger partial charge in [-0.1, -0.05) is 6.92 Å². The third kappa shape index (κ3) is 6.01. The van der Waals surface area contributed by atoms with Crippen LogP contribution >= 0.6 is 11.3 Å². The number of aromatic nitrogens is 1. The number of nitrogens with zero attached hydrogens (tertiary/aromatic N) is 1. The number of nitrogens with one attached hydrogen (secondary N) is 2. The van der Waals surface area contributed by atoms with Crippen LogP contribution in [-0.4, -0.2) is 28.6 Å². The van der Waals surface area contributed by atoms with Crippen LogP contribution in [0.2, 0.25) is 0 Å². The van der Waals surface area contributed by atoms with Crippen molar-refractivity contribution in [2.75, 3.05) is 6.54 Å². The van der Waals surface area contributed by atoms with Gasteiger partial charge >= 0.3 is 12.0 Å². The number of carboxylic acid groups (broad SMARTS) is 1. The van der Waals surface area contributed by atoms with Gasteiger partial charge in [0.15, 0.2) is 0 Å². The number of carboxylic acids is 1. The maximum Gasteiger partial charge on any atom is 0.315 e. The number of aryl methyl sites for hydroxylation is 1. The van der Waals surface area contributed by atoms with Crippen molar-refractivity contribution >= 4 is 23.3 Å². The van der Waals surface area contributed by atoms with Gasteiger partial charge in [-0.25, -0.2) is 9.78 Å². The van der Waals surface area contributed by atoms with Crippen molar-refractivity contribution in [1.29, 1.82) is 0 Å². The van der Waals surface area contributed by atoms with Crippen LogP contribution in [0.5, 0.6) is 0 Å². The molecule has 0 radical (unpaired) electrons. The molecular weight excluding hydrogens is 278 g/mol. The predicted molar refractivity (Wildman–Crippen MR) is 77.8 cm³/mol. The number of rotatable bonds is 7. The summed E-state index contributed by atoms with van der Waals surface area (Å²) >= 11 is 1.52. The van der Waals surface area contributed by atoms with E-state index >= 15 is 0 Å². The Balaban J connectivity index is 2.27. The molecule has 112 valence electrons. The van der Waals surface area contributed by atoms with Crippen molar-refractivity contribution in [2.24, 2.45) is 5.92 Å². The minimum absolute atomic E-state index is 0.124. The lowest BCUT2D eigenvalue weighted by atomic mass is 10.1. The zero-order valence-corrected chi connectivity index (χ0v) is 12.8. The van der Waals surface area contributed by atoms with Crippen molar-refractivity contribution in [2.45, 2.75) is 39.7 Å². The molecule has 7 heteroatoms. The normalized spacial score (nSPS) is 13.6. The Bertz CT molecular complexity index is 461. The number of thiazole rings is 1. The molecule has 1 rings (SSSR count). The Kier molecular flexibility index (Phi) is 6.44. The first-order chi connectivity index (χ1) is 9.38. The van der Waals surface area contributed by atoms with Crippen molar-refractivity contribution in [3.63, 3.8) is 0 Å². The van der Waals surface area contributed by atoms with Gasteiger partial charge in [0.2, 0.25) is 0 Å². The molecule has 20 heavy (non-hydrogen) atoms. The number of carbonyl (C=O) groups excluding carboxylic acids is 1. The van der Waals surface area contributed by atoms with Gasteiger partial charge in [-0.15, -0.1) is 11.3 Å². The molecule has 0 aliphatic rings. The van der Waals surface area contributed by atoms with Gasteiger partial charge in [0, 0.05) is 24.0 Å². The van der Waals surface area contributed by atoms with Crippen molar-refractivity contribution in [3.8, 4) is 0 Å². The van der Waals surface area contributed by atoms with Crippen LogP contribution in [0.25, 0.3) is 0 Å².